The van der Waals surface area contributed by atoms with Crippen molar-refractivity contribution < 1.29 is 18.7 Å². The molecule has 2 N–H and O–H groups in total. The van der Waals surface area contributed by atoms with E-state index >= 15 is 0 Å². The molecule has 0 bridgehead atoms. The summed E-state index contributed by atoms with van der Waals surface area (Å²) in [6.45, 7) is 2.92. The van der Waals surface area contributed by atoms with Crippen molar-refractivity contribution in [2.45, 2.75) is 31.6 Å². The number of halogens is 1. The summed E-state index contributed by atoms with van der Waals surface area (Å²) in [6.07, 6.45) is 1.86. The molecule has 3 rings (SSSR count). The molecule has 5 nitrogen and oxygen atoms in total. The first kappa shape index (κ1) is 15.9. The van der Waals surface area contributed by atoms with Crippen LogP contribution in [0.5, 0.6) is 0 Å². The predicted octanol–water partition coefficient (Wildman–Crippen LogP) is 1.68. The first-order chi connectivity index (χ1) is 11.0. The molecule has 1 aromatic carbocycles. The van der Waals surface area contributed by atoms with Gasteiger partial charge in [-0.2, -0.15) is 0 Å². The number of hydrogen-bond donors (Lipinski definition) is 2. The van der Waals surface area contributed by atoms with Crippen LogP contribution in [-0.4, -0.2) is 25.0 Å². The van der Waals surface area contributed by atoms with Crippen LogP contribution in [-0.2, 0) is 19.7 Å². The number of hydrazine groups is 1. The van der Waals surface area contributed by atoms with Crippen LogP contribution < -0.4 is 10.9 Å². The second kappa shape index (κ2) is 6.28. The Morgan fingerprint density at radius 3 is 2.35 bits per heavy atom. The minimum atomic E-state index is -0.797. The normalized spacial score (nSPS) is 25.5. The van der Waals surface area contributed by atoms with Crippen LogP contribution in [0.15, 0.2) is 24.3 Å². The van der Waals surface area contributed by atoms with Crippen molar-refractivity contribution >= 4 is 11.8 Å². The van der Waals surface area contributed by atoms with E-state index in [0.717, 1.165) is 12.0 Å². The van der Waals surface area contributed by atoms with Gasteiger partial charge in [-0.05, 0) is 42.9 Å². The van der Waals surface area contributed by atoms with Gasteiger partial charge in [0.25, 0.3) is 0 Å². The molecule has 0 unspecified atom stereocenters. The van der Waals surface area contributed by atoms with E-state index in [0.29, 0.717) is 32.0 Å². The molecule has 1 aliphatic carbocycles. The Labute approximate surface area is 134 Å². The fourth-order valence-electron chi connectivity index (χ4n) is 3.15. The van der Waals surface area contributed by atoms with Crippen molar-refractivity contribution in [1.82, 2.24) is 10.9 Å². The predicted molar refractivity (Wildman–Crippen MR) is 81.7 cm³/mol. The summed E-state index contributed by atoms with van der Waals surface area (Å²) in [4.78, 5) is 24.6. The van der Waals surface area contributed by atoms with E-state index in [-0.39, 0.29) is 23.5 Å². The highest BCUT2D eigenvalue weighted by molar-refractivity contribution is 5.91. The molecule has 1 saturated carbocycles. The number of amides is 2. The second-order valence-corrected chi connectivity index (χ2v) is 6.46. The third kappa shape index (κ3) is 3.22. The molecule has 6 heteroatoms. The number of carbonyl (C=O) groups excluding carboxylic acids is 2. The molecule has 0 aromatic heterocycles. The Bertz CT molecular complexity index is 596. The largest absolute Gasteiger partial charge is 0.381 e. The Balaban J connectivity index is 1.74. The van der Waals surface area contributed by atoms with E-state index in [1.54, 1.807) is 12.1 Å². The van der Waals surface area contributed by atoms with Gasteiger partial charge in [0, 0.05) is 19.1 Å². The van der Waals surface area contributed by atoms with Crippen molar-refractivity contribution in [3.8, 4) is 0 Å². The van der Waals surface area contributed by atoms with Gasteiger partial charge in [-0.3, -0.25) is 20.4 Å². The maximum atomic E-state index is 13.2. The summed E-state index contributed by atoms with van der Waals surface area (Å²) in [5, 5.41) is 0. The standard InChI is InChI=1S/C17H21FN2O3/c1-11-10-14(11)15(21)19-20-16(22)17(6-8-23-9-7-17)12-2-4-13(18)5-3-12/h2-5,11,14H,6-10H2,1H3,(H,19,21)(H,20,22)/t11-,14+/m0/s1. The lowest BCUT2D eigenvalue weighted by Crippen LogP contribution is -2.54. The van der Waals surface area contributed by atoms with Crippen molar-refractivity contribution in [3.63, 3.8) is 0 Å². The SMILES string of the molecule is C[C@H]1C[C@H]1C(=O)NNC(=O)C1(c2ccc(F)cc2)CCOCC1. The van der Waals surface area contributed by atoms with Gasteiger partial charge in [0.05, 0.1) is 5.41 Å². The topological polar surface area (TPSA) is 67.4 Å². The number of nitrogens with one attached hydrogen (secondary N) is 2. The lowest BCUT2D eigenvalue weighted by atomic mass is 9.73. The molecular formula is C17H21FN2O3. The van der Waals surface area contributed by atoms with Gasteiger partial charge >= 0.3 is 0 Å². The first-order valence-corrected chi connectivity index (χ1v) is 7.97. The molecular weight excluding hydrogens is 299 g/mol. The Kier molecular flexibility index (Phi) is 4.35. The van der Waals surface area contributed by atoms with Gasteiger partial charge < -0.3 is 4.74 Å². The van der Waals surface area contributed by atoms with Gasteiger partial charge in [0.15, 0.2) is 0 Å². The molecule has 124 valence electrons. The van der Waals surface area contributed by atoms with Gasteiger partial charge in [0.2, 0.25) is 11.8 Å². The Morgan fingerprint density at radius 2 is 1.78 bits per heavy atom. The quantitative estimate of drug-likeness (QED) is 0.833. The molecule has 1 heterocycles. The van der Waals surface area contributed by atoms with Crippen molar-refractivity contribution in [2.24, 2.45) is 11.8 Å². The smallest absolute Gasteiger partial charge is 0.249 e. The summed E-state index contributed by atoms with van der Waals surface area (Å²) >= 11 is 0. The number of benzene rings is 1. The molecule has 2 aliphatic rings. The third-order valence-corrected chi connectivity index (χ3v) is 4.92. The lowest BCUT2D eigenvalue weighted by molar-refractivity contribution is -0.135. The summed E-state index contributed by atoms with van der Waals surface area (Å²) in [5.74, 6) is -0.388. The Hall–Kier alpha value is -1.95. The van der Waals surface area contributed by atoms with Crippen LogP contribution >= 0.6 is 0 Å². The summed E-state index contributed by atoms with van der Waals surface area (Å²) in [6, 6.07) is 5.96. The fraction of sp³-hybridized carbons (Fsp3) is 0.529. The summed E-state index contributed by atoms with van der Waals surface area (Å²) < 4.78 is 18.6. The lowest BCUT2D eigenvalue weighted by Gasteiger charge is -2.36. The van der Waals surface area contributed by atoms with Crippen LogP contribution in [0.3, 0.4) is 0 Å². The Morgan fingerprint density at radius 1 is 1.17 bits per heavy atom. The molecule has 1 saturated heterocycles. The zero-order chi connectivity index (χ0) is 16.4. The van der Waals surface area contributed by atoms with Crippen LogP contribution in [0.1, 0.15) is 31.7 Å². The highest BCUT2D eigenvalue weighted by atomic mass is 19.1. The average molecular weight is 320 g/mol. The summed E-state index contributed by atoms with van der Waals surface area (Å²) in [7, 11) is 0. The maximum Gasteiger partial charge on any atom is 0.249 e. The van der Waals surface area contributed by atoms with Gasteiger partial charge in [0.1, 0.15) is 5.82 Å². The molecule has 1 aliphatic heterocycles. The highest BCUT2D eigenvalue weighted by Gasteiger charge is 2.43. The minimum absolute atomic E-state index is 0.00763. The second-order valence-electron chi connectivity index (χ2n) is 6.46. The van der Waals surface area contributed by atoms with Crippen molar-refractivity contribution in [1.29, 1.82) is 0 Å². The summed E-state index contributed by atoms with van der Waals surface area (Å²) in [5.41, 5.74) is 5.03. The van der Waals surface area contributed by atoms with Crippen LogP contribution in [0.4, 0.5) is 4.39 Å². The van der Waals surface area contributed by atoms with Crippen LogP contribution in [0, 0.1) is 17.7 Å². The molecule has 1 aromatic rings. The number of rotatable bonds is 3. The monoisotopic (exact) mass is 320 g/mol. The van der Waals surface area contributed by atoms with E-state index in [1.165, 1.54) is 12.1 Å². The zero-order valence-corrected chi connectivity index (χ0v) is 13.1. The molecule has 2 atom stereocenters. The molecule has 0 spiro atoms. The minimum Gasteiger partial charge on any atom is -0.381 e. The fourth-order valence-corrected chi connectivity index (χ4v) is 3.15. The van der Waals surface area contributed by atoms with E-state index in [1.807, 2.05) is 6.92 Å². The maximum absolute atomic E-state index is 13.2. The molecule has 0 radical (unpaired) electrons. The molecule has 23 heavy (non-hydrogen) atoms. The first-order valence-electron chi connectivity index (χ1n) is 7.97. The van der Waals surface area contributed by atoms with Gasteiger partial charge in [-0.25, -0.2) is 4.39 Å². The number of hydrogen-bond acceptors (Lipinski definition) is 3. The average Bonchev–Trinajstić information content (AvgIpc) is 3.30. The van der Waals surface area contributed by atoms with Crippen molar-refractivity contribution in [2.75, 3.05) is 13.2 Å². The van der Waals surface area contributed by atoms with Crippen molar-refractivity contribution in [3.05, 3.63) is 35.6 Å². The van der Waals surface area contributed by atoms with Crippen LogP contribution in [0.2, 0.25) is 0 Å². The molecule has 2 amide bonds. The zero-order valence-electron chi connectivity index (χ0n) is 13.1. The number of carbonyl (C=O) groups is 2. The van der Waals surface area contributed by atoms with E-state index in [2.05, 4.69) is 10.9 Å². The van der Waals surface area contributed by atoms with Crippen LogP contribution in [0.25, 0.3) is 0 Å². The van der Waals surface area contributed by atoms with Gasteiger partial charge in [-0.15, -0.1) is 0 Å². The van der Waals surface area contributed by atoms with E-state index in [4.69, 9.17) is 4.74 Å². The molecule has 2 fully saturated rings. The van der Waals surface area contributed by atoms with E-state index in [9.17, 15) is 14.0 Å². The van der Waals surface area contributed by atoms with Gasteiger partial charge in [-0.1, -0.05) is 19.1 Å². The third-order valence-electron chi connectivity index (χ3n) is 4.92. The number of ether oxygens (including phenoxy) is 1. The van der Waals surface area contributed by atoms with E-state index < -0.39 is 5.41 Å². The highest BCUT2D eigenvalue weighted by Crippen LogP contribution is 2.38.